The molecule has 0 radical (unpaired) electrons. The lowest BCUT2D eigenvalue weighted by Gasteiger charge is -2.06. The van der Waals surface area contributed by atoms with Crippen LogP contribution in [0.25, 0.3) is 22.4 Å². The van der Waals surface area contributed by atoms with Gasteiger partial charge in [0, 0.05) is 11.8 Å². The number of ether oxygens (including phenoxy) is 1. The van der Waals surface area contributed by atoms with E-state index < -0.39 is 11.6 Å². The van der Waals surface area contributed by atoms with Gasteiger partial charge in [-0.25, -0.2) is 9.89 Å². The van der Waals surface area contributed by atoms with Crippen molar-refractivity contribution in [3.8, 4) is 17.1 Å². The summed E-state index contributed by atoms with van der Waals surface area (Å²) in [6.45, 7) is 0.285. The van der Waals surface area contributed by atoms with Crippen molar-refractivity contribution in [1.82, 2.24) is 20.6 Å². The predicted octanol–water partition coefficient (Wildman–Crippen LogP) is 1.22. The number of aromatic amines is 1. The van der Waals surface area contributed by atoms with Gasteiger partial charge >= 0.3 is 11.6 Å². The summed E-state index contributed by atoms with van der Waals surface area (Å²) >= 11 is 0. The SMILES string of the molecule is O=C(O)CCCOc1ccc2oc(=O)c(-c3nnn[nH]3)cc2c1. The Morgan fingerprint density at radius 1 is 1.35 bits per heavy atom. The van der Waals surface area contributed by atoms with Crippen LogP contribution in [0.3, 0.4) is 0 Å². The normalized spacial score (nSPS) is 10.8. The highest BCUT2D eigenvalue weighted by molar-refractivity contribution is 5.81. The number of H-pyrrole nitrogens is 1. The van der Waals surface area contributed by atoms with Crippen molar-refractivity contribution in [3.05, 3.63) is 34.7 Å². The number of aliphatic carboxylic acids is 1. The Kier molecular flexibility index (Phi) is 4.00. The fraction of sp³-hybridized carbons (Fsp3) is 0.214. The zero-order valence-electron chi connectivity index (χ0n) is 11.9. The van der Waals surface area contributed by atoms with E-state index in [0.717, 1.165) is 0 Å². The van der Waals surface area contributed by atoms with Crippen LogP contribution in [0.15, 0.2) is 33.5 Å². The number of hydrogen-bond donors (Lipinski definition) is 2. The van der Waals surface area contributed by atoms with Crippen LogP contribution < -0.4 is 10.4 Å². The summed E-state index contributed by atoms with van der Waals surface area (Å²) in [6.07, 6.45) is 0.456. The van der Waals surface area contributed by atoms with Crippen molar-refractivity contribution < 1.29 is 19.1 Å². The van der Waals surface area contributed by atoms with Crippen LogP contribution in [0, 0.1) is 0 Å². The van der Waals surface area contributed by atoms with Gasteiger partial charge in [-0.2, -0.15) is 0 Å². The lowest BCUT2D eigenvalue weighted by atomic mass is 10.1. The third-order valence-corrected chi connectivity index (χ3v) is 3.11. The van der Waals surface area contributed by atoms with Gasteiger partial charge in [-0.05, 0) is 41.1 Å². The van der Waals surface area contributed by atoms with Gasteiger partial charge in [-0.1, -0.05) is 0 Å². The van der Waals surface area contributed by atoms with Gasteiger partial charge in [0.1, 0.15) is 16.9 Å². The smallest absolute Gasteiger partial charge is 0.347 e. The topological polar surface area (TPSA) is 131 Å². The van der Waals surface area contributed by atoms with Crippen molar-refractivity contribution in [2.24, 2.45) is 0 Å². The number of aromatic nitrogens is 4. The van der Waals surface area contributed by atoms with Gasteiger partial charge < -0.3 is 14.3 Å². The van der Waals surface area contributed by atoms with Crippen LogP contribution in [-0.4, -0.2) is 38.3 Å². The molecule has 0 bridgehead atoms. The molecule has 3 rings (SSSR count). The maximum absolute atomic E-state index is 11.9. The summed E-state index contributed by atoms with van der Waals surface area (Å²) in [6, 6.07) is 6.58. The number of carboxylic acids is 1. The summed E-state index contributed by atoms with van der Waals surface area (Å²) in [4.78, 5) is 22.4. The predicted molar refractivity (Wildman–Crippen MR) is 78.0 cm³/mol. The van der Waals surface area contributed by atoms with Crippen LogP contribution >= 0.6 is 0 Å². The first-order valence-corrected chi connectivity index (χ1v) is 6.80. The minimum absolute atomic E-state index is 0.0467. The first-order valence-electron chi connectivity index (χ1n) is 6.80. The van der Waals surface area contributed by atoms with Crippen molar-refractivity contribution >= 4 is 16.9 Å². The van der Waals surface area contributed by atoms with E-state index >= 15 is 0 Å². The largest absolute Gasteiger partial charge is 0.494 e. The summed E-state index contributed by atoms with van der Waals surface area (Å²) in [5.74, 6) is -0.0917. The number of rotatable bonds is 6. The molecular formula is C14H12N4O5. The zero-order chi connectivity index (χ0) is 16.2. The molecule has 2 N–H and O–H groups in total. The van der Waals surface area contributed by atoms with Gasteiger partial charge in [0.15, 0.2) is 5.82 Å². The molecule has 9 nitrogen and oxygen atoms in total. The minimum Gasteiger partial charge on any atom is -0.494 e. The molecule has 0 aliphatic heterocycles. The molecule has 9 heteroatoms. The highest BCUT2D eigenvalue weighted by Gasteiger charge is 2.11. The van der Waals surface area contributed by atoms with Crippen LogP contribution in [0.2, 0.25) is 0 Å². The molecule has 23 heavy (non-hydrogen) atoms. The molecule has 118 valence electrons. The number of tetrazole rings is 1. The first-order chi connectivity index (χ1) is 11.1. The van der Waals surface area contributed by atoms with Crippen LogP contribution in [0.1, 0.15) is 12.8 Å². The Bertz CT molecular complexity index is 888. The average molecular weight is 316 g/mol. The van der Waals surface area contributed by atoms with E-state index in [9.17, 15) is 9.59 Å². The lowest BCUT2D eigenvalue weighted by Crippen LogP contribution is -2.04. The van der Waals surface area contributed by atoms with E-state index in [4.69, 9.17) is 14.3 Å². The van der Waals surface area contributed by atoms with Gasteiger partial charge in [0.2, 0.25) is 0 Å². The lowest BCUT2D eigenvalue weighted by molar-refractivity contribution is -0.137. The highest BCUT2D eigenvalue weighted by Crippen LogP contribution is 2.23. The van der Waals surface area contributed by atoms with Gasteiger partial charge in [0.05, 0.1) is 6.61 Å². The second-order valence-corrected chi connectivity index (χ2v) is 4.74. The van der Waals surface area contributed by atoms with Crippen LogP contribution in [-0.2, 0) is 4.79 Å². The highest BCUT2D eigenvalue weighted by atomic mass is 16.5. The maximum Gasteiger partial charge on any atom is 0.347 e. The summed E-state index contributed by atoms with van der Waals surface area (Å²) < 4.78 is 10.7. The van der Waals surface area contributed by atoms with E-state index in [-0.39, 0.29) is 24.4 Å². The molecule has 2 heterocycles. The Morgan fingerprint density at radius 3 is 2.96 bits per heavy atom. The quantitative estimate of drug-likeness (QED) is 0.512. The second kappa shape index (κ2) is 6.26. The third-order valence-electron chi connectivity index (χ3n) is 3.11. The molecule has 0 atom stereocenters. The molecule has 0 amide bonds. The second-order valence-electron chi connectivity index (χ2n) is 4.74. The fourth-order valence-electron chi connectivity index (χ4n) is 2.04. The Balaban J connectivity index is 1.85. The molecule has 3 aromatic rings. The van der Waals surface area contributed by atoms with E-state index in [1.807, 2.05) is 0 Å². The number of nitrogens with zero attached hydrogens (tertiary/aromatic N) is 3. The van der Waals surface area contributed by atoms with Crippen LogP contribution in [0.5, 0.6) is 5.75 Å². The van der Waals surface area contributed by atoms with Crippen molar-refractivity contribution in [2.45, 2.75) is 12.8 Å². The third kappa shape index (κ3) is 3.34. The zero-order valence-corrected chi connectivity index (χ0v) is 11.9. The van der Waals surface area contributed by atoms with Crippen LogP contribution in [0.4, 0.5) is 0 Å². The maximum atomic E-state index is 11.9. The number of hydrogen-bond acceptors (Lipinski definition) is 7. The molecule has 0 saturated carbocycles. The number of nitrogens with one attached hydrogen (secondary N) is 1. The summed E-state index contributed by atoms with van der Waals surface area (Å²) in [7, 11) is 0. The molecule has 0 aliphatic rings. The number of fused-ring (bicyclic) bond motifs is 1. The van der Waals surface area contributed by atoms with E-state index in [1.54, 1.807) is 24.3 Å². The Labute approximate surface area is 128 Å². The molecule has 2 aromatic heterocycles. The first kappa shape index (κ1) is 14.7. The Morgan fingerprint density at radius 2 is 2.22 bits per heavy atom. The van der Waals surface area contributed by atoms with Gasteiger partial charge in [0.25, 0.3) is 0 Å². The number of benzene rings is 1. The van der Waals surface area contributed by atoms with Gasteiger partial charge in [-0.3, -0.25) is 4.79 Å². The minimum atomic E-state index is -0.862. The van der Waals surface area contributed by atoms with E-state index in [0.29, 0.717) is 23.1 Å². The van der Waals surface area contributed by atoms with E-state index in [1.165, 1.54) is 0 Å². The van der Waals surface area contributed by atoms with Crippen molar-refractivity contribution in [2.75, 3.05) is 6.61 Å². The van der Waals surface area contributed by atoms with Gasteiger partial charge in [-0.15, -0.1) is 5.10 Å². The summed E-state index contributed by atoms with van der Waals surface area (Å²) in [5, 5.41) is 22.3. The Hall–Kier alpha value is -3.23. The number of carboxylic acid groups (broad SMARTS) is 1. The monoisotopic (exact) mass is 316 g/mol. The molecule has 1 aromatic carbocycles. The number of carbonyl (C=O) groups is 1. The molecule has 0 saturated heterocycles. The molecular weight excluding hydrogens is 304 g/mol. The average Bonchev–Trinajstić information content (AvgIpc) is 3.05. The standard InChI is InChI=1S/C14H12N4O5/c19-12(20)2-1-5-22-9-3-4-11-8(6-9)7-10(14(21)23-11)13-15-17-18-16-13/h3-4,6-7H,1-2,5H2,(H,19,20)(H,15,16,17,18). The fourth-order valence-corrected chi connectivity index (χ4v) is 2.04. The molecule has 0 aliphatic carbocycles. The van der Waals surface area contributed by atoms with E-state index in [2.05, 4.69) is 20.6 Å². The molecule has 0 unspecified atom stereocenters. The molecule has 0 spiro atoms. The van der Waals surface area contributed by atoms with Crippen molar-refractivity contribution in [3.63, 3.8) is 0 Å². The molecule has 0 fully saturated rings. The van der Waals surface area contributed by atoms with Crippen molar-refractivity contribution in [1.29, 1.82) is 0 Å². The summed E-state index contributed by atoms with van der Waals surface area (Å²) in [5.41, 5.74) is 0.0702.